The van der Waals surface area contributed by atoms with Gasteiger partial charge in [0.25, 0.3) is 0 Å². The second-order valence-electron chi connectivity index (χ2n) is 9.52. The number of urea groups is 1. The van der Waals surface area contributed by atoms with E-state index in [-0.39, 0.29) is 35.1 Å². The highest BCUT2D eigenvalue weighted by molar-refractivity contribution is 5.83. The van der Waals surface area contributed by atoms with Crippen molar-refractivity contribution in [2.24, 2.45) is 5.41 Å². The molecule has 1 atom stereocenters. The van der Waals surface area contributed by atoms with Crippen LogP contribution in [0.5, 0.6) is 0 Å². The van der Waals surface area contributed by atoms with Crippen molar-refractivity contribution in [2.75, 3.05) is 33.3 Å². The summed E-state index contributed by atoms with van der Waals surface area (Å²) in [6, 6.07) is 0.0334. The van der Waals surface area contributed by atoms with Gasteiger partial charge < -0.3 is 24.2 Å². The molecule has 0 aromatic rings. The fourth-order valence-corrected chi connectivity index (χ4v) is 5.42. The van der Waals surface area contributed by atoms with Crippen molar-refractivity contribution in [3.8, 4) is 0 Å². The predicted molar refractivity (Wildman–Crippen MR) is 96.1 cm³/mol. The van der Waals surface area contributed by atoms with E-state index in [9.17, 15) is 14.4 Å². The van der Waals surface area contributed by atoms with Crippen molar-refractivity contribution in [1.29, 1.82) is 0 Å². The third kappa shape index (κ3) is 2.75. The molecule has 3 saturated carbocycles. The third-order valence-corrected chi connectivity index (χ3v) is 6.60. The SMILES string of the molecule is COC(=O)C12CCC(N3C[C@@H]4CN(C(=O)OC(C)(C)C)CCN4C3=O)(C1)C2. The van der Waals surface area contributed by atoms with Gasteiger partial charge in [-0.25, -0.2) is 9.59 Å². The van der Waals surface area contributed by atoms with Gasteiger partial charge in [-0.05, 0) is 46.5 Å². The predicted octanol–water partition coefficient (Wildman–Crippen LogP) is 1.83. The summed E-state index contributed by atoms with van der Waals surface area (Å²) in [6.07, 6.45) is 2.73. The zero-order valence-electron chi connectivity index (χ0n) is 16.6. The van der Waals surface area contributed by atoms with Gasteiger partial charge >= 0.3 is 18.1 Å². The van der Waals surface area contributed by atoms with E-state index < -0.39 is 5.60 Å². The maximum atomic E-state index is 13.0. The molecule has 2 saturated heterocycles. The summed E-state index contributed by atoms with van der Waals surface area (Å²) >= 11 is 0. The molecule has 8 nitrogen and oxygen atoms in total. The van der Waals surface area contributed by atoms with E-state index in [4.69, 9.17) is 9.47 Å². The molecule has 27 heavy (non-hydrogen) atoms. The number of amides is 3. The van der Waals surface area contributed by atoms with Crippen molar-refractivity contribution < 1.29 is 23.9 Å². The lowest BCUT2D eigenvalue weighted by molar-refractivity contribution is -0.161. The first-order chi connectivity index (χ1) is 12.6. The molecule has 3 amide bonds. The Kier molecular flexibility index (Phi) is 3.92. The summed E-state index contributed by atoms with van der Waals surface area (Å²) in [5.41, 5.74) is -1.13. The average molecular weight is 379 g/mol. The van der Waals surface area contributed by atoms with Crippen LogP contribution in [0.4, 0.5) is 9.59 Å². The van der Waals surface area contributed by atoms with E-state index in [0.29, 0.717) is 39.0 Å². The number of carbonyl (C=O) groups excluding carboxylic acids is 3. The highest BCUT2D eigenvalue weighted by Crippen LogP contribution is 2.65. The van der Waals surface area contributed by atoms with Gasteiger partial charge in [-0.2, -0.15) is 0 Å². The minimum Gasteiger partial charge on any atom is -0.469 e. The molecule has 5 fully saturated rings. The van der Waals surface area contributed by atoms with Crippen LogP contribution in [0, 0.1) is 5.41 Å². The topological polar surface area (TPSA) is 79.4 Å². The van der Waals surface area contributed by atoms with Crippen molar-refractivity contribution in [1.82, 2.24) is 14.7 Å². The maximum Gasteiger partial charge on any atom is 0.410 e. The van der Waals surface area contributed by atoms with Crippen LogP contribution < -0.4 is 0 Å². The van der Waals surface area contributed by atoms with Gasteiger partial charge in [0.2, 0.25) is 0 Å². The zero-order chi connectivity index (χ0) is 19.6. The average Bonchev–Trinajstić information content (AvgIpc) is 3.22. The Bertz CT molecular complexity index is 679. The zero-order valence-corrected chi connectivity index (χ0v) is 16.6. The summed E-state index contributed by atoms with van der Waals surface area (Å²) < 4.78 is 10.5. The first kappa shape index (κ1) is 18.4. The molecule has 5 rings (SSSR count). The first-order valence-electron chi connectivity index (χ1n) is 9.74. The Labute approximate surface area is 159 Å². The molecule has 2 aliphatic heterocycles. The van der Waals surface area contributed by atoms with Crippen LogP contribution in [0.15, 0.2) is 0 Å². The molecule has 0 aromatic heterocycles. The van der Waals surface area contributed by atoms with Gasteiger partial charge in [0.05, 0.1) is 18.6 Å². The Balaban J connectivity index is 1.42. The number of nitrogens with zero attached hydrogens (tertiary/aromatic N) is 3. The van der Waals surface area contributed by atoms with Crippen molar-refractivity contribution in [2.45, 2.75) is 63.6 Å². The van der Waals surface area contributed by atoms with E-state index >= 15 is 0 Å². The minimum atomic E-state index is -0.530. The van der Waals surface area contributed by atoms with Crippen LogP contribution in [-0.4, -0.2) is 83.3 Å². The normalized spacial score (nSPS) is 35.0. The number of esters is 1. The van der Waals surface area contributed by atoms with Crippen molar-refractivity contribution >= 4 is 18.1 Å². The van der Waals surface area contributed by atoms with Gasteiger partial charge in [-0.15, -0.1) is 0 Å². The number of piperazine rings is 1. The first-order valence-corrected chi connectivity index (χ1v) is 9.74. The summed E-state index contributed by atoms with van der Waals surface area (Å²) in [6.45, 7) is 7.68. The minimum absolute atomic E-state index is 0.0122. The molecule has 150 valence electrons. The molecule has 2 heterocycles. The van der Waals surface area contributed by atoms with E-state index in [2.05, 4.69) is 0 Å². The van der Waals surface area contributed by atoms with Crippen molar-refractivity contribution in [3.05, 3.63) is 0 Å². The number of fused-ring (bicyclic) bond motifs is 2. The second-order valence-corrected chi connectivity index (χ2v) is 9.52. The summed E-state index contributed by atoms with van der Waals surface area (Å²) in [4.78, 5) is 43.0. The highest BCUT2D eigenvalue weighted by atomic mass is 16.6. The lowest BCUT2D eigenvalue weighted by atomic mass is 9.64. The monoisotopic (exact) mass is 379 g/mol. The molecule has 0 unspecified atom stereocenters. The number of methoxy groups -OCH3 is 1. The van der Waals surface area contributed by atoms with Gasteiger partial charge in [0.15, 0.2) is 0 Å². The lowest BCUT2D eigenvalue weighted by Crippen LogP contribution is -2.59. The Morgan fingerprint density at radius 2 is 1.81 bits per heavy atom. The van der Waals surface area contributed by atoms with E-state index in [1.165, 1.54) is 7.11 Å². The van der Waals surface area contributed by atoms with Gasteiger partial charge in [0, 0.05) is 31.7 Å². The van der Waals surface area contributed by atoms with Gasteiger partial charge in [0.1, 0.15) is 5.60 Å². The number of hydrogen-bond donors (Lipinski definition) is 0. The Morgan fingerprint density at radius 3 is 2.44 bits per heavy atom. The molecule has 2 bridgehead atoms. The van der Waals surface area contributed by atoms with Crippen LogP contribution in [0.1, 0.15) is 46.5 Å². The number of rotatable bonds is 2. The highest BCUT2D eigenvalue weighted by Gasteiger charge is 2.69. The fourth-order valence-electron chi connectivity index (χ4n) is 5.42. The lowest BCUT2D eigenvalue weighted by Gasteiger charge is -2.50. The Morgan fingerprint density at radius 1 is 1.11 bits per heavy atom. The third-order valence-electron chi connectivity index (χ3n) is 6.60. The largest absolute Gasteiger partial charge is 0.469 e. The van der Waals surface area contributed by atoms with Gasteiger partial charge in [-0.1, -0.05) is 0 Å². The molecule has 0 radical (unpaired) electrons. The van der Waals surface area contributed by atoms with Crippen molar-refractivity contribution in [3.63, 3.8) is 0 Å². The molecule has 0 aromatic carbocycles. The summed E-state index contributed by atoms with van der Waals surface area (Å²) in [7, 11) is 1.43. The van der Waals surface area contributed by atoms with E-state index in [1.807, 2.05) is 30.6 Å². The number of ether oxygens (including phenoxy) is 2. The number of hydrogen-bond acceptors (Lipinski definition) is 5. The molecular weight excluding hydrogens is 350 g/mol. The quantitative estimate of drug-likeness (QED) is 0.684. The molecule has 8 heteroatoms. The summed E-state index contributed by atoms with van der Waals surface area (Å²) in [5.74, 6) is -0.143. The smallest absolute Gasteiger partial charge is 0.410 e. The van der Waals surface area contributed by atoms with Gasteiger partial charge in [-0.3, -0.25) is 4.79 Å². The second kappa shape index (κ2) is 5.75. The van der Waals surface area contributed by atoms with Crippen LogP contribution >= 0.6 is 0 Å². The number of carbonyl (C=O) groups is 3. The van der Waals surface area contributed by atoms with E-state index in [1.54, 1.807) is 4.90 Å². The Hall–Kier alpha value is -1.99. The maximum absolute atomic E-state index is 13.0. The fraction of sp³-hybridized carbons (Fsp3) is 0.842. The van der Waals surface area contributed by atoms with Crippen LogP contribution in [-0.2, 0) is 14.3 Å². The van der Waals surface area contributed by atoms with Crippen LogP contribution in [0.25, 0.3) is 0 Å². The molecule has 3 aliphatic carbocycles. The van der Waals surface area contributed by atoms with Crippen LogP contribution in [0.2, 0.25) is 0 Å². The molecule has 5 aliphatic rings. The van der Waals surface area contributed by atoms with Crippen LogP contribution in [0.3, 0.4) is 0 Å². The summed E-state index contributed by atoms with van der Waals surface area (Å²) in [5, 5.41) is 0. The standard InChI is InChI=1S/C19H29N3O5/c1-17(2,3)27-16(25)20-7-8-21-13(9-20)10-22(15(21)24)19-6-5-18(11-19,12-19)14(23)26-4/h13H,5-12H2,1-4H3/t13-,18?,19?/m0/s1. The molecule has 0 N–H and O–H groups in total. The van der Waals surface area contributed by atoms with E-state index in [0.717, 1.165) is 12.8 Å². The molecular formula is C19H29N3O5. The molecule has 0 spiro atoms.